The Morgan fingerprint density at radius 1 is 1.19 bits per heavy atom. The first-order valence-corrected chi connectivity index (χ1v) is 7.57. The van der Waals surface area contributed by atoms with Crippen LogP contribution < -0.4 is 4.74 Å². The van der Waals surface area contributed by atoms with Gasteiger partial charge >= 0.3 is 0 Å². The Labute approximate surface area is 133 Å². The van der Waals surface area contributed by atoms with Crippen molar-refractivity contribution >= 4 is 15.9 Å². The largest absolute Gasteiger partial charge is 0.490 e. The number of hydrogen-bond acceptors (Lipinski definition) is 3. The predicted octanol–water partition coefficient (Wildman–Crippen LogP) is 3.79. The van der Waals surface area contributed by atoms with Crippen molar-refractivity contribution in [2.45, 2.75) is 25.6 Å². The minimum atomic E-state index is -1.10. The Balaban J connectivity index is 2.18. The average molecular weight is 351 g/mol. The molecule has 0 radical (unpaired) electrons. The van der Waals surface area contributed by atoms with Crippen LogP contribution in [-0.2, 0) is 5.60 Å². The third kappa shape index (κ3) is 4.06. The Morgan fingerprint density at radius 2 is 1.86 bits per heavy atom. The molecule has 2 atom stereocenters. The summed E-state index contributed by atoms with van der Waals surface area (Å²) in [5, 5.41) is 20.3. The molecule has 0 aromatic heterocycles. The minimum Gasteiger partial charge on any atom is -0.490 e. The van der Waals surface area contributed by atoms with Gasteiger partial charge in [0.2, 0.25) is 0 Å². The molecule has 0 aliphatic carbocycles. The van der Waals surface area contributed by atoms with Crippen molar-refractivity contribution in [1.82, 2.24) is 0 Å². The zero-order valence-electron chi connectivity index (χ0n) is 12.1. The maximum Gasteiger partial charge on any atom is 0.126 e. The second kappa shape index (κ2) is 6.60. The summed E-state index contributed by atoms with van der Waals surface area (Å²) < 4.78 is 6.62. The Kier molecular flexibility index (Phi) is 5.04. The Bertz CT molecular complexity index is 594. The van der Waals surface area contributed by atoms with Crippen LogP contribution in [0.25, 0.3) is 0 Å². The summed E-state index contributed by atoms with van der Waals surface area (Å²) in [6, 6.07) is 14.8. The maximum absolute atomic E-state index is 10.5. The van der Waals surface area contributed by atoms with Crippen molar-refractivity contribution in [2.24, 2.45) is 0 Å². The van der Waals surface area contributed by atoms with Crippen LogP contribution in [0.1, 0.15) is 31.1 Å². The summed E-state index contributed by atoms with van der Waals surface area (Å²) in [7, 11) is 0. The first-order chi connectivity index (χ1) is 9.90. The molecule has 0 fully saturated rings. The van der Waals surface area contributed by atoms with Crippen molar-refractivity contribution in [3.63, 3.8) is 0 Å². The molecule has 1 unspecified atom stereocenters. The molecule has 0 aliphatic rings. The van der Waals surface area contributed by atoms with Crippen molar-refractivity contribution in [2.75, 3.05) is 6.61 Å². The van der Waals surface area contributed by atoms with Crippen LogP contribution in [0.4, 0.5) is 0 Å². The minimum absolute atomic E-state index is 0.104. The molecule has 0 saturated heterocycles. The van der Waals surface area contributed by atoms with E-state index in [1.54, 1.807) is 26.0 Å². The number of aliphatic hydroxyl groups is 2. The van der Waals surface area contributed by atoms with Crippen LogP contribution in [0.3, 0.4) is 0 Å². The topological polar surface area (TPSA) is 49.7 Å². The van der Waals surface area contributed by atoms with Gasteiger partial charge in [0, 0.05) is 10.0 Å². The van der Waals surface area contributed by atoms with Crippen LogP contribution in [0.5, 0.6) is 5.75 Å². The lowest BCUT2D eigenvalue weighted by atomic mass is 9.97. The molecule has 112 valence electrons. The van der Waals surface area contributed by atoms with Gasteiger partial charge in [-0.05, 0) is 31.5 Å². The Hall–Kier alpha value is -1.36. The second-order valence-electron chi connectivity index (χ2n) is 5.29. The Morgan fingerprint density at radius 3 is 2.48 bits per heavy atom. The lowest BCUT2D eigenvalue weighted by Crippen LogP contribution is -2.29. The van der Waals surface area contributed by atoms with Gasteiger partial charge in [0.15, 0.2) is 0 Å². The van der Waals surface area contributed by atoms with E-state index < -0.39 is 11.7 Å². The summed E-state index contributed by atoms with van der Waals surface area (Å²) >= 11 is 3.39. The highest BCUT2D eigenvalue weighted by atomic mass is 79.9. The number of halogens is 1. The molecule has 21 heavy (non-hydrogen) atoms. The standard InChI is InChI=1S/C17H19BrO3/c1-12(19)15-9-8-14(18)10-16(15)21-11-17(2,20)13-6-4-3-5-7-13/h3-10,12,19-20H,11H2,1-2H3/t12-,17?/m0/s1. The smallest absolute Gasteiger partial charge is 0.126 e. The third-order valence-corrected chi connectivity index (χ3v) is 3.82. The molecule has 0 saturated carbocycles. The summed E-state index contributed by atoms with van der Waals surface area (Å²) in [5.74, 6) is 0.565. The molecule has 0 aliphatic heterocycles. The van der Waals surface area contributed by atoms with Gasteiger partial charge in [-0.15, -0.1) is 0 Å². The van der Waals surface area contributed by atoms with E-state index in [9.17, 15) is 10.2 Å². The molecule has 2 aromatic rings. The predicted molar refractivity (Wildman–Crippen MR) is 86.3 cm³/mol. The van der Waals surface area contributed by atoms with Crippen LogP contribution in [0.15, 0.2) is 53.0 Å². The van der Waals surface area contributed by atoms with Gasteiger partial charge in [-0.2, -0.15) is 0 Å². The first kappa shape index (κ1) is 16.0. The molecule has 2 aromatic carbocycles. The number of aliphatic hydroxyl groups excluding tert-OH is 1. The van der Waals surface area contributed by atoms with E-state index in [1.165, 1.54) is 0 Å². The van der Waals surface area contributed by atoms with Crippen LogP contribution >= 0.6 is 15.9 Å². The lowest BCUT2D eigenvalue weighted by molar-refractivity contribution is 0.00654. The second-order valence-corrected chi connectivity index (χ2v) is 6.20. The zero-order valence-corrected chi connectivity index (χ0v) is 13.7. The van der Waals surface area contributed by atoms with E-state index in [4.69, 9.17) is 4.74 Å². The number of hydrogen-bond donors (Lipinski definition) is 2. The van der Waals surface area contributed by atoms with Gasteiger partial charge in [0.25, 0.3) is 0 Å². The van der Waals surface area contributed by atoms with E-state index in [2.05, 4.69) is 15.9 Å². The summed E-state index contributed by atoms with van der Waals surface area (Å²) in [4.78, 5) is 0. The van der Waals surface area contributed by atoms with Crippen LogP contribution in [-0.4, -0.2) is 16.8 Å². The lowest BCUT2D eigenvalue weighted by Gasteiger charge is -2.25. The quantitative estimate of drug-likeness (QED) is 0.862. The first-order valence-electron chi connectivity index (χ1n) is 6.78. The van der Waals surface area contributed by atoms with Gasteiger partial charge in [0.1, 0.15) is 18.0 Å². The van der Waals surface area contributed by atoms with Crippen molar-refractivity contribution in [3.8, 4) is 5.75 Å². The number of ether oxygens (including phenoxy) is 1. The molecule has 2 rings (SSSR count). The third-order valence-electron chi connectivity index (χ3n) is 3.33. The molecule has 0 spiro atoms. The molecule has 3 nitrogen and oxygen atoms in total. The maximum atomic E-state index is 10.5. The fourth-order valence-electron chi connectivity index (χ4n) is 2.08. The highest BCUT2D eigenvalue weighted by Crippen LogP contribution is 2.30. The molecule has 0 heterocycles. The molecule has 0 bridgehead atoms. The van der Waals surface area contributed by atoms with E-state index >= 15 is 0 Å². The molecule has 4 heteroatoms. The van der Waals surface area contributed by atoms with Gasteiger partial charge in [-0.25, -0.2) is 0 Å². The fourth-order valence-corrected chi connectivity index (χ4v) is 2.42. The van der Waals surface area contributed by atoms with E-state index in [0.717, 1.165) is 10.0 Å². The van der Waals surface area contributed by atoms with Crippen LogP contribution in [0.2, 0.25) is 0 Å². The SMILES string of the molecule is C[C@H](O)c1ccc(Br)cc1OCC(C)(O)c1ccccc1. The highest BCUT2D eigenvalue weighted by molar-refractivity contribution is 9.10. The summed E-state index contributed by atoms with van der Waals surface area (Å²) in [6.45, 7) is 3.50. The van der Waals surface area contributed by atoms with Gasteiger partial charge in [-0.3, -0.25) is 0 Å². The van der Waals surface area contributed by atoms with Crippen molar-refractivity contribution < 1.29 is 14.9 Å². The number of rotatable bonds is 5. The van der Waals surface area contributed by atoms with E-state index in [1.807, 2.05) is 36.4 Å². The van der Waals surface area contributed by atoms with Gasteiger partial charge in [0.05, 0.1) is 6.10 Å². The summed E-state index contributed by atoms with van der Waals surface area (Å²) in [6.07, 6.45) is -0.630. The van der Waals surface area contributed by atoms with Crippen LogP contribution in [0, 0.1) is 0 Å². The normalized spacial score (nSPS) is 15.3. The molecule has 2 N–H and O–H groups in total. The molecule has 0 amide bonds. The molecular weight excluding hydrogens is 332 g/mol. The van der Waals surface area contributed by atoms with Crippen molar-refractivity contribution in [1.29, 1.82) is 0 Å². The van der Waals surface area contributed by atoms with Crippen molar-refractivity contribution in [3.05, 3.63) is 64.1 Å². The molecular formula is C17H19BrO3. The fraction of sp³-hybridized carbons (Fsp3) is 0.294. The van der Waals surface area contributed by atoms with E-state index in [0.29, 0.717) is 11.3 Å². The summed E-state index contributed by atoms with van der Waals surface area (Å²) in [5.41, 5.74) is 0.389. The average Bonchev–Trinajstić information content (AvgIpc) is 2.46. The van der Waals surface area contributed by atoms with E-state index in [-0.39, 0.29) is 6.61 Å². The number of benzene rings is 2. The highest BCUT2D eigenvalue weighted by Gasteiger charge is 2.24. The zero-order chi connectivity index (χ0) is 15.5. The monoisotopic (exact) mass is 350 g/mol. The van der Waals surface area contributed by atoms with Gasteiger partial charge in [-0.1, -0.05) is 52.3 Å². The van der Waals surface area contributed by atoms with Gasteiger partial charge < -0.3 is 14.9 Å².